The Morgan fingerprint density at radius 1 is 1.00 bits per heavy atom. The number of aromatic nitrogens is 4. The topological polar surface area (TPSA) is 58.8 Å². The summed E-state index contributed by atoms with van der Waals surface area (Å²) in [7, 11) is 1.70. The SMILES string of the molecule is CCCCN(CC)c1sc(C=c2c(C(C)(C)C)nn3c(-c4cc(N(CC)CC)ccc4OC)nnc23)cc1C. The average molecular weight is 549 g/mol. The lowest BCUT2D eigenvalue weighted by atomic mass is 9.91. The molecule has 0 aliphatic rings. The quantitative estimate of drug-likeness (QED) is 0.214. The predicted molar refractivity (Wildman–Crippen MR) is 166 cm³/mol. The van der Waals surface area contributed by atoms with Gasteiger partial charge in [0.2, 0.25) is 0 Å². The molecule has 4 rings (SSSR count). The van der Waals surface area contributed by atoms with Gasteiger partial charge in [-0.2, -0.15) is 9.61 Å². The van der Waals surface area contributed by atoms with Gasteiger partial charge in [-0.3, -0.25) is 0 Å². The molecule has 3 aromatic heterocycles. The zero-order valence-electron chi connectivity index (χ0n) is 25.1. The number of hydrogen-bond acceptors (Lipinski definition) is 7. The Labute approximate surface area is 237 Å². The number of anilines is 2. The van der Waals surface area contributed by atoms with Crippen molar-refractivity contribution in [2.75, 3.05) is 43.1 Å². The van der Waals surface area contributed by atoms with Crippen LogP contribution in [0.3, 0.4) is 0 Å². The van der Waals surface area contributed by atoms with Crippen molar-refractivity contribution in [1.29, 1.82) is 0 Å². The van der Waals surface area contributed by atoms with Crippen molar-refractivity contribution < 1.29 is 4.74 Å². The third kappa shape index (κ3) is 5.76. The second-order valence-electron chi connectivity index (χ2n) is 11.0. The van der Waals surface area contributed by atoms with Crippen LogP contribution in [0.2, 0.25) is 0 Å². The summed E-state index contributed by atoms with van der Waals surface area (Å²) in [5.74, 6) is 1.46. The lowest BCUT2D eigenvalue weighted by Gasteiger charge is -2.22. The molecule has 0 aliphatic carbocycles. The van der Waals surface area contributed by atoms with Crippen molar-refractivity contribution in [3.8, 4) is 17.1 Å². The highest BCUT2D eigenvalue weighted by atomic mass is 32.1. The molecule has 0 amide bonds. The first kappa shape index (κ1) is 28.9. The van der Waals surface area contributed by atoms with Crippen LogP contribution >= 0.6 is 11.3 Å². The van der Waals surface area contributed by atoms with Crippen LogP contribution in [-0.2, 0) is 5.41 Å². The molecule has 0 spiro atoms. The fourth-order valence-corrected chi connectivity index (χ4v) is 6.29. The summed E-state index contributed by atoms with van der Waals surface area (Å²) in [5, 5.41) is 16.8. The molecule has 7 nitrogen and oxygen atoms in total. The number of methoxy groups -OCH3 is 1. The molecule has 3 heterocycles. The van der Waals surface area contributed by atoms with Gasteiger partial charge in [-0.15, -0.1) is 21.5 Å². The van der Waals surface area contributed by atoms with Crippen LogP contribution in [0.5, 0.6) is 5.75 Å². The first-order valence-electron chi connectivity index (χ1n) is 14.2. The second-order valence-corrected chi connectivity index (χ2v) is 12.1. The molecule has 1 aromatic carbocycles. The van der Waals surface area contributed by atoms with Crippen LogP contribution < -0.4 is 19.8 Å². The van der Waals surface area contributed by atoms with E-state index in [9.17, 15) is 0 Å². The van der Waals surface area contributed by atoms with Gasteiger partial charge in [0.25, 0.3) is 0 Å². The molecule has 4 aromatic rings. The number of rotatable bonds is 11. The summed E-state index contributed by atoms with van der Waals surface area (Å²) in [4.78, 5) is 6.02. The highest BCUT2D eigenvalue weighted by molar-refractivity contribution is 7.17. The largest absolute Gasteiger partial charge is 0.496 e. The van der Waals surface area contributed by atoms with Crippen LogP contribution in [0.25, 0.3) is 23.1 Å². The number of nitrogens with zero attached hydrogens (tertiary/aromatic N) is 6. The molecule has 0 saturated carbocycles. The van der Waals surface area contributed by atoms with Crippen LogP contribution in [0, 0.1) is 6.92 Å². The zero-order valence-corrected chi connectivity index (χ0v) is 25.9. The van der Waals surface area contributed by atoms with Crippen LogP contribution in [0.15, 0.2) is 24.3 Å². The summed E-state index contributed by atoms with van der Waals surface area (Å²) < 4.78 is 7.66. The Morgan fingerprint density at radius 3 is 2.33 bits per heavy atom. The minimum Gasteiger partial charge on any atom is -0.496 e. The van der Waals surface area contributed by atoms with Gasteiger partial charge in [0.05, 0.1) is 23.4 Å². The number of benzene rings is 1. The van der Waals surface area contributed by atoms with Crippen molar-refractivity contribution in [2.24, 2.45) is 0 Å². The standard InChI is InChI=1S/C31H44N6OS/c1-10-14-17-36(13-4)30-21(5)18-23(39-30)20-25-27(31(6,7)8)34-37-28(32-33-29(25)37)24-19-22(35(11-2)12-3)15-16-26(24)38-9/h15-16,18-20H,10-14,17H2,1-9H3. The summed E-state index contributed by atoms with van der Waals surface area (Å²) in [5.41, 5.74) is 4.96. The lowest BCUT2D eigenvalue weighted by Crippen LogP contribution is -2.23. The van der Waals surface area contributed by atoms with Gasteiger partial charge in [0.1, 0.15) is 5.75 Å². The van der Waals surface area contributed by atoms with Gasteiger partial charge in [-0.1, -0.05) is 34.1 Å². The van der Waals surface area contributed by atoms with Crippen molar-refractivity contribution in [3.05, 3.63) is 45.6 Å². The average Bonchev–Trinajstić information content (AvgIpc) is 3.59. The molecule has 0 saturated heterocycles. The van der Waals surface area contributed by atoms with E-state index in [4.69, 9.17) is 9.84 Å². The van der Waals surface area contributed by atoms with E-state index in [1.54, 1.807) is 7.11 Å². The molecule has 0 unspecified atom stereocenters. The van der Waals surface area contributed by atoms with Gasteiger partial charge in [0.15, 0.2) is 11.5 Å². The fraction of sp³-hybridized carbons (Fsp3) is 0.516. The first-order chi connectivity index (χ1) is 18.7. The van der Waals surface area contributed by atoms with E-state index in [1.807, 2.05) is 21.9 Å². The van der Waals surface area contributed by atoms with Gasteiger partial charge >= 0.3 is 0 Å². The maximum absolute atomic E-state index is 5.76. The normalized spacial score (nSPS) is 12.5. The van der Waals surface area contributed by atoms with E-state index in [2.05, 4.69) is 99.7 Å². The number of unbranched alkanes of at least 4 members (excludes halogenated alkanes) is 1. The number of fused-ring (bicyclic) bond motifs is 1. The molecule has 0 bridgehead atoms. The molecule has 210 valence electrons. The molecule has 0 fully saturated rings. The zero-order chi connectivity index (χ0) is 28.3. The number of hydrogen-bond donors (Lipinski definition) is 0. The van der Waals surface area contributed by atoms with Gasteiger partial charge < -0.3 is 14.5 Å². The third-order valence-electron chi connectivity index (χ3n) is 7.25. The highest BCUT2D eigenvalue weighted by Crippen LogP contribution is 2.34. The van der Waals surface area contributed by atoms with Crippen molar-refractivity contribution >= 4 is 33.7 Å². The van der Waals surface area contributed by atoms with E-state index < -0.39 is 0 Å². The van der Waals surface area contributed by atoms with Crippen molar-refractivity contribution in [3.63, 3.8) is 0 Å². The van der Waals surface area contributed by atoms with E-state index in [0.717, 1.165) is 59.7 Å². The number of aryl methyl sites for hydroxylation is 1. The van der Waals surface area contributed by atoms with Crippen LogP contribution in [-0.4, -0.2) is 53.1 Å². The minimum absolute atomic E-state index is 0.164. The second kappa shape index (κ2) is 11.9. The minimum atomic E-state index is -0.164. The highest BCUT2D eigenvalue weighted by Gasteiger charge is 2.26. The molecule has 0 aliphatic heterocycles. The molecule has 8 heteroatoms. The summed E-state index contributed by atoms with van der Waals surface area (Å²) in [6, 6.07) is 8.54. The van der Waals surface area contributed by atoms with Gasteiger partial charge in [0, 0.05) is 47.4 Å². The Balaban J connectivity index is 1.89. The van der Waals surface area contributed by atoms with Gasteiger partial charge in [-0.05, 0) is 70.0 Å². The summed E-state index contributed by atoms with van der Waals surface area (Å²) in [6.45, 7) is 21.6. The van der Waals surface area contributed by atoms with Crippen LogP contribution in [0.4, 0.5) is 10.7 Å². The first-order valence-corrected chi connectivity index (χ1v) is 15.0. The van der Waals surface area contributed by atoms with Crippen LogP contribution in [0.1, 0.15) is 77.4 Å². The predicted octanol–water partition coefficient (Wildman–Crippen LogP) is 6.49. The Hall–Kier alpha value is -3.13. The molecule has 0 N–H and O–H groups in total. The van der Waals surface area contributed by atoms with E-state index in [-0.39, 0.29) is 5.41 Å². The van der Waals surface area contributed by atoms with Gasteiger partial charge in [-0.25, -0.2) is 0 Å². The van der Waals surface area contributed by atoms with Crippen molar-refractivity contribution in [2.45, 2.75) is 73.6 Å². The Bertz CT molecular complexity index is 1460. The summed E-state index contributed by atoms with van der Waals surface area (Å²) in [6.07, 6.45) is 4.65. The molecular weight excluding hydrogens is 504 g/mol. The smallest absolute Gasteiger partial charge is 0.189 e. The number of thiophene rings is 1. The monoisotopic (exact) mass is 548 g/mol. The maximum atomic E-state index is 5.76. The Kier molecular flexibility index (Phi) is 8.84. The summed E-state index contributed by atoms with van der Waals surface area (Å²) >= 11 is 1.85. The Morgan fingerprint density at radius 2 is 1.72 bits per heavy atom. The van der Waals surface area contributed by atoms with E-state index >= 15 is 0 Å². The third-order valence-corrected chi connectivity index (χ3v) is 8.49. The lowest BCUT2D eigenvalue weighted by molar-refractivity contribution is 0.416. The van der Waals surface area contributed by atoms with E-state index in [1.165, 1.54) is 28.3 Å². The molecule has 39 heavy (non-hydrogen) atoms. The van der Waals surface area contributed by atoms with Crippen molar-refractivity contribution in [1.82, 2.24) is 19.8 Å². The maximum Gasteiger partial charge on any atom is 0.189 e. The van der Waals surface area contributed by atoms with E-state index in [0.29, 0.717) is 5.82 Å². The molecule has 0 radical (unpaired) electrons. The molecule has 0 atom stereocenters. The fourth-order valence-electron chi connectivity index (χ4n) is 5.09. The molecular formula is C31H44N6OS. The number of ether oxygens (including phenoxy) is 1.